The van der Waals surface area contributed by atoms with E-state index in [4.69, 9.17) is 9.88 Å². The lowest BCUT2D eigenvalue weighted by atomic mass is 9.80. The van der Waals surface area contributed by atoms with E-state index in [0.29, 0.717) is 6.54 Å². The minimum atomic E-state index is -3.88. The number of hydrogen-bond donors (Lipinski definition) is 2. The van der Waals surface area contributed by atoms with Crippen LogP contribution < -0.4 is 10.5 Å². The van der Waals surface area contributed by atoms with Crippen molar-refractivity contribution < 1.29 is 17.5 Å². The van der Waals surface area contributed by atoms with E-state index in [0.717, 1.165) is 25.3 Å². The lowest BCUT2D eigenvalue weighted by Gasteiger charge is -2.40. The van der Waals surface area contributed by atoms with Crippen molar-refractivity contribution in [3.8, 4) is 0 Å². The maximum absolute atomic E-state index is 13.8. The Balaban J connectivity index is 2.10. The summed E-state index contributed by atoms with van der Waals surface area (Å²) >= 11 is 0. The summed E-state index contributed by atoms with van der Waals surface area (Å²) in [6.07, 6.45) is 2.98. The van der Waals surface area contributed by atoms with Gasteiger partial charge in [-0.15, -0.1) is 0 Å². The van der Waals surface area contributed by atoms with E-state index in [2.05, 4.69) is 5.32 Å². The van der Waals surface area contributed by atoms with E-state index in [1.165, 1.54) is 12.1 Å². The van der Waals surface area contributed by atoms with Crippen LogP contribution in [0.15, 0.2) is 23.1 Å². The molecule has 5 nitrogen and oxygen atoms in total. The molecule has 1 aliphatic carbocycles. The summed E-state index contributed by atoms with van der Waals surface area (Å²) in [7, 11) is -2.24. The number of benzene rings is 1. The maximum Gasteiger partial charge on any atom is 0.238 e. The summed E-state index contributed by atoms with van der Waals surface area (Å²) in [6.45, 7) is 0.495. The van der Waals surface area contributed by atoms with Crippen LogP contribution in [-0.4, -0.2) is 27.7 Å². The predicted octanol–water partition coefficient (Wildman–Crippen LogP) is 1.45. The van der Waals surface area contributed by atoms with Crippen molar-refractivity contribution in [3.63, 3.8) is 0 Å². The Morgan fingerprint density at radius 1 is 1.47 bits per heavy atom. The van der Waals surface area contributed by atoms with Crippen molar-refractivity contribution in [3.05, 3.63) is 24.0 Å². The molecule has 2 rings (SSSR count). The van der Waals surface area contributed by atoms with Gasteiger partial charge in [0.2, 0.25) is 10.0 Å². The summed E-state index contributed by atoms with van der Waals surface area (Å²) in [5, 5.41) is 7.89. The van der Waals surface area contributed by atoms with Gasteiger partial charge in [-0.25, -0.2) is 17.9 Å². The van der Waals surface area contributed by atoms with Gasteiger partial charge in [0.1, 0.15) is 5.82 Å². The van der Waals surface area contributed by atoms with Gasteiger partial charge in [0.15, 0.2) is 0 Å². The fourth-order valence-electron chi connectivity index (χ4n) is 2.10. The van der Waals surface area contributed by atoms with Crippen LogP contribution in [0.25, 0.3) is 0 Å². The Bertz CT molecular complexity index is 565. The van der Waals surface area contributed by atoms with Gasteiger partial charge in [-0.1, -0.05) is 0 Å². The molecule has 0 amide bonds. The number of ether oxygens (including phenoxy) is 1. The number of rotatable bonds is 5. The van der Waals surface area contributed by atoms with E-state index >= 15 is 0 Å². The van der Waals surface area contributed by atoms with Gasteiger partial charge in [0.05, 0.1) is 16.2 Å². The molecule has 0 saturated heterocycles. The molecule has 0 heterocycles. The number of hydrogen-bond acceptors (Lipinski definition) is 4. The number of sulfonamides is 1. The number of nitrogens with one attached hydrogen (secondary N) is 1. The zero-order chi connectivity index (χ0) is 14.1. The lowest BCUT2D eigenvalue weighted by molar-refractivity contribution is -0.0601. The molecular weight excluding hydrogens is 271 g/mol. The quantitative estimate of drug-likeness (QED) is 0.859. The normalized spacial score (nSPS) is 17.8. The SMILES string of the molecule is COC1(CNc2ccc(S(N)(=O)=O)cc2F)CCC1. The van der Waals surface area contributed by atoms with Crippen molar-refractivity contribution in [1.29, 1.82) is 0 Å². The number of halogens is 1. The summed E-state index contributed by atoms with van der Waals surface area (Å²) < 4.78 is 41.3. The maximum atomic E-state index is 13.8. The summed E-state index contributed by atoms with van der Waals surface area (Å²) in [6, 6.07) is 3.57. The van der Waals surface area contributed by atoms with Gasteiger partial charge >= 0.3 is 0 Å². The van der Waals surface area contributed by atoms with Crippen LogP contribution in [0.2, 0.25) is 0 Å². The summed E-state index contributed by atoms with van der Waals surface area (Å²) in [4.78, 5) is -0.236. The number of primary sulfonamides is 1. The molecule has 1 aromatic rings. The molecule has 3 N–H and O–H groups in total. The van der Waals surface area contributed by atoms with E-state index in [-0.39, 0.29) is 16.2 Å². The second-order valence-corrected chi connectivity index (χ2v) is 6.34. The molecule has 1 fully saturated rings. The predicted molar refractivity (Wildman–Crippen MR) is 69.9 cm³/mol. The highest BCUT2D eigenvalue weighted by molar-refractivity contribution is 7.89. The van der Waals surface area contributed by atoms with E-state index in [9.17, 15) is 12.8 Å². The van der Waals surface area contributed by atoms with Gasteiger partial charge in [0.25, 0.3) is 0 Å². The average molecular weight is 288 g/mol. The van der Waals surface area contributed by atoms with Crippen molar-refractivity contribution in [1.82, 2.24) is 0 Å². The van der Waals surface area contributed by atoms with Crippen LogP contribution in [0.5, 0.6) is 0 Å². The standard InChI is InChI=1S/C12H17FN2O3S/c1-18-12(5-2-6-12)8-15-11-4-3-9(7-10(11)13)19(14,16)17/h3-4,7,15H,2,5-6,8H2,1H3,(H2,14,16,17). The molecule has 7 heteroatoms. The first-order chi connectivity index (χ1) is 8.86. The number of anilines is 1. The van der Waals surface area contributed by atoms with Crippen LogP contribution in [0.3, 0.4) is 0 Å². The van der Waals surface area contributed by atoms with E-state index in [1.807, 2.05) is 0 Å². The third kappa shape index (κ3) is 3.05. The first kappa shape index (κ1) is 14.2. The highest BCUT2D eigenvalue weighted by Crippen LogP contribution is 2.35. The van der Waals surface area contributed by atoms with Gasteiger partial charge in [-0.3, -0.25) is 0 Å². The smallest absolute Gasteiger partial charge is 0.238 e. The van der Waals surface area contributed by atoms with E-state index in [1.54, 1.807) is 7.11 Å². The Kier molecular flexibility index (Phi) is 3.80. The van der Waals surface area contributed by atoms with Crippen LogP contribution >= 0.6 is 0 Å². The van der Waals surface area contributed by atoms with Crippen LogP contribution in [0.4, 0.5) is 10.1 Å². The molecule has 0 atom stereocenters. The molecule has 0 aromatic heterocycles. The molecule has 0 radical (unpaired) electrons. The molecule has 1 aromatic carbocycles. The van der Waals surface area contributed by atoms with Crippen molar-refractivity contribution >= 4 is 15.7 Å². The largest absolute Gasteiger partial charge is 0.380 e. The monoisotopic (exact) mass is 288 g/mol. The van der Waals surface area contributed by atoms with Crippen molar-refractivity contribution in [2.45, 2.75) is 29.8 Å². The first-order valence-corrected chi connectivity index (χ1v) is 7.52. The molecule has 0 spiro atoms. The fourth-order valence-corrected chi connectivity index (χ4v) is 2.62. The number of methoxy groups -OCH3 is 1. The second-order valence-electron chi connectivity index (χ2n) is 4.78. The molecule has 0 aliphatic heterocycles. The van der Waals surface area contributed by atoms with Gasteiger partial charge < -0.3 is 10.1 Å². The highest BCUT2D eigenvalue weighted by Gasteiger charge is 2.36. The van der Waals surface area contributed by atoms with Crippen molar-refractivity contribution in [2.75, 3.05) is 19.0 Å². The highest BCUT2D eigenvalue weighted by atomic mass is 32.2. The molecule has 106 valence electrons. The molecule has 1 saturated carbocycles. The average Bonchev–Trinajstić information content (AvgIpc) is 2.28. The number of nitrogens with two attached hydrogens (primary N) is 1. The molecule has 19 heavy (non-hydrogen) atoms. The minimum absolute atomic E-state index is 0.231. The lowest BCUT2D eigenvalue weighted by Crippen LogP contribution is -2.45. The Labute approximate surface area is 112 Å². The summed E-state index contributed by atoms with van der Waals surface area (Å²) in [5.41, 5.74) is 0.0149. The molecule has 0 unspecified atom stereocenters. The van der Waals surface area contributed by atoms with Crippen LogP contribution in [-0.2, 0) is 14.8 Å². The Hall–Kier alpha value is -1.18. The molecule has 0 bridgehead atoms. The zero-order valence-corrected chi connectivity index (χ0v) is 11.5. The topological polar surface area (TPSA) is 81.4 Å². The fraction of sp³-hybridized carbons (Fsp3) is 0.500. The van der Waals surface area contributed by atoms with Gasteiger partial charge in [0, 0.05) is 13.7 Å². The third-order valence-electron chi connectivity index (χ3n) is 3.57. The zero-order valence-electron chi connectivity index (χ0n) is 10.6. The first-order valence-electron chi connectivity index (χ1n) is 5.98. The second kappa shape index (κ2) is 5.07. The Morgan fingerprint density at radius 2 is 2.16 bits per heavy atom. The van der Waals surface area contributed by atoms with Gasteiger partial charge in [-0.2, -0.15) is 0 Å². The molecule has 1 aliphatic rings. The minimum Gasteiger partial charge on any atom is -0.380 e. The van der Waals surface area contributed by atoms with Crippen molar-refractivity contribution in [2.24, 2.45) is 5.14 Å². The van der Waals surface area contributed by atoms with Gasteiger partial charge in [-0.05, 0) is 37.5 Å². The third-order valence-corrected chi connectivity index (χ3v) is 4.48. The van der Waals surface area contributed by atoms with Crippen LogP contribution in [0, 0.1) is 5.82 Å². The molecular formula is C12H17FN2O3S. The summed E-state index contributed by atoms with van der Waals surface area (Å²) in [5.74, 6) is -0.642. The Morgan fingerprint density at radius 3 is 2.58 bits per heavy atom. The van der Waals surface area contributed by atoms with Crippen LogP contribution in [0.1, 0.15) is 19.3 Å². The van der Waals surface area contributed by atoms with E-state index < -0.39 is 15.8 Å².